The van der Waals surface area contributed by atoms with Crippen LogP contribution in [0.5, 0.6) is 5.75 Å². The Kier molecular flexibility index (Phi) is 2.48. The van der Waals surface area contributed by atoms with Crippen LogP contribution in [0.2, 0.25) is 0 Å². The summed E-state index contributed by atoms with van der Waals surface area (Å²) in [6, 6.07) is 3.95. The molecule has 3 heteroatoms. The normalized spacial score (nSPS) is 15.2. The van der Waals surface area contributed by atoms with Crippen LogP contribution < -0.4 is 4.74 Å². The first-order valence-electron chi connectivity index (χ1n) is 4.67. The van der Waals surface area contributed by atoms with Crippen molar-refractivity contribution in [2.45, 2.75) is 12.8 Å². The van der Waals surface area contributed by atoms with Gasteiger partial charge in [0, 0.05) is 6.07 Å². The fourth-order valence-electron chi connectivity index (χ4n) is 1.22. The van der Waals surface area contributed by atoms with Gasteiger partial charge in [0.1, 0.15) is 11.6 Å². The number of hydrogen-bond donors (Lipinski definition) is 0. The molecule has 1 aliphatic rings. The van der Waals surface area contributed by atoms with Gasteiger partial charge in [-0.2, -0.15) is 0 Å². The molecule has 0 bridgehead atoms. The molecule has 2 nitrogen and oxygen atoms in total. The van der Waals surface area contributed by atoms with E-state index in [1.54, 1.807) is 0 Å². The van der Waals surface area contributed by atoms with Gasteiger partial charge in [0.25, 0.3) is 0 Å². The van der Waals surface area contributed by atoms with Crippen LogP contribution in [-0.4, -0.2) is 12.9 Å². The maximum Gasteiger partial charge on any atom is 0.153 e. The average molecular weight is 194 g/mol. The number of carbonyl (C=O) groups excluding carboxylic acids is 1. The van der Waals surface area contributed by atoms with Crippen molar-refractivity contribution >= 4 is 6.29 Å². The van der Waals surface area contributed by atoms with Crippen LogP contribution in [0.3, 0.4) is 0 Å². The van der Waals surface area contributed by atoms with Crippen LogP contribution in [0.25, 0.3) is 0 Å². The Morgan fingerprint density at radius 2 is 2.29 bits per heavy atom. The summed E-state index contributed by atoms with van der Waals surface area (Å²) in [6.45, 7) is 0.588. The molecular weight excluding hydrogens is 183 g/mol. The first kappa shape index (κ1) is 9.19. The molecule has 0 aromatic heterocycles. The minimum Gasteiger partial charge on any atom is -0.492 e. The van der Waals surface area contributed by atoms with Gasteiger partial charge in [0.05, 0.1) is 12.2 Å². The van der Waals surface area contributed by atoms with Crippen LogP contribution >= 0.6 is 0 Å². The van der Waals surface area contributed by atoms with Crippen molar-refractivity contribution < 1.29 is 13.9 Å². The molecule has 0 unspecified atom stereocenters. The van der Waals surface area contributed by atoms with Gasteiger partial charge in [-0.15, -0.1) is 0 Å². The summed E-state index contributed by atoms with van der Waals surface area (Å²) in [5.41, 5.74) is 0.409. The van der Waals surface area contributed by atoms with Crippen LogP contribution in [-0.2, 0) is 0 Å². The maximum atomic E-state index is 12.8. The molecule has 1 aromatic carbocycles. The van der Waals surface area contributed by atoms with E-state index in [0.29, 0.717) is 30.1 Å². The Bertz CT molecular complexity index is 345. The van der Waals surface area contributed by atoms with Gasteiger partial charge in [0.2, 0.25) is 0 Å². The molecule has 1 saturated carbocycles. The second-order valence-electron chi connectivity index (χ2n) is 3.55. The standard InChI is InChI=1S/C11H11FO2/c12-10-4-3-9(6-13)11(5-10)14-7-8-1-2-8/h3-6,8H,1-2,7H2. The summed E-state index contributed by atoms with van der Waals surface area (Å²) in [5.74, 6) is 0.575. The SMILES string of the molecule is O=Cc1ccc(F)cc1OCC1CC1. The van der Waals surface area contributed by atoms with Crippen LogP contribution in [0.1, 0.15) is 23.2 Å². The molecular formula is C11H11FO2. The molecule has 0 radical (unpaired) electrons. The summed E-state index contributed by atoms with van der Waals surface area (Å²) >= 11 is 0. The van der Waals surface area contributed by atoms with Gasteiger partial charge in [-0.3, -0.25) is 4.79 Å². The number of hydrogen-bond acceptors (Lipinski definition) is 2. The Balaban J connectivity index is 2.11. The summed E-state index contributed by atoms with van der Waals surface area (Å²) in [7, 11) is 0. The maximum absolute atomic E-state index is 12.8. The second kappa shape index (κ2) is 3.78. The third kappa shape index (κ3) is 2.10. The van der Waals surface area contributed by atoms with E-state index in [-0.39, 0.29) is 5.82 Å². The van der Waals surface area contributed by atoms with E-state index >= 15 is 0 Å². The fraction of sp³-hybridized carbons (Fsp3) is 0.364. The highest BCUT2D eigenvalue weighted by molar-refractivity contribution is 5.79. The highest BCUT2D eigenvalue weighted by Crippen LogP contribution is 2.30. The lowest BCUT2D eigenvalue weighted by atomic mass is 10.2. The molecule has 0 aliphatic heterocycles. The van der Waals surface area contributed by atoms with E-state index in [4.69, 9.17) is 4.74 Å². The molecule has 0 saturated heterocycles. The molecule has 1 aromatic rings. The Morgan fingerprint density at radius 3 is 2.93 bits per heavy atom. The van der Waals surface area contributed by atoms with Crippen molar-refractivity contribution in [3.63, 3.8) is 0 Å². The molecule has 1 fully saturated rings. The zero-order valence-electron chi connectivity index (χ0n) is 7.70. The average Bonchev–Trinajstić information content (AvgIpc) is 2.98. The Labute approximate surface area is 81.7 Å². The molecule has 0 spiro atoms. The number of halogens is 1. The smallest absolute Gasteiger partial charge is 0.153 e. The number of ether oxygens (including phenoxy) is 1. The molecule has 14 heavy (non-hydrogen) atoms. The lowest BCUT2D eigenvalue weighted by Crippen LogP contribution is -2.01. The Morgan fingerprint density at radius 1 is 1.50 bits per heavy atom. The predicted octanol–water partition coefficient (Wildman–Crippen LogP) is 2.43. The van der Waals surface area contributed by atoms with Gasteiger partial charge in [-0.1, -0.05) is 0 Å². The summed E-state index contributed by atoms with van der Waals surface area (Å²) < 4.78 is 18.2. The van der Waals surface area contributed by atoms with Crippen LogP contribution in [0, 0.1) is 11.7 Å². The van der Waals surface area contributed by atoms with E-state index < -0.39 is 0 Å². The monoisotopic (exact) mass is 194 g/mol. The fourth-order valence-corrected chi connectivity index (χ4v) is 1.22. The van der Waals surface area contributed by atoms with Crippen LogP contribution in [0.15, 0.2) is 18.2 Å². The van der Waals surface area contributed by atoms with Crippen molar-refractivity contribution in [3.8, 4) is 5.75 Å². The first-order valence-corrected chi connectivity index (χ1v) is 4.67. The molecule has 0 atom stereocenters. The lowest BCUT2D eigenvalue weighted by molar-refractivity contribution is 0.111. The molecule has 2 rings (SSSR count). The molecule has 0 N–H and O–H groups in total. The van der Waals surface area contributed by atoms with Gasteiger partial charge < -0.3 is 4.74 Å². The Hall–Kier alpha value is -1.38. The van der Waals surface area contributed by atoms with Gasteiger partial charge in [0.15, 0.2) is 6.29 Å². The van der Waals surface area contributed by atoms with E-state index in [9.17, 15) is 9.18 Å². The highest BCUT2D eigenvalue weighted by atomic mass is 19.1. The van der Waals surface area contributed by atoms with Gasteiger partial charge >= 0.3 is 0 Å². The number of benzene rings is 1. The van der Waals surface area contributed by atoms with Crippen molar-refractivity contribution in [2.24, 2.45) is 5.92 Å². The molecule has 0 amide bonds. The lowest BCUT2D eigenvalue weighted by Gasteiger charge is -2.07. The van der Waals surface area contributed by atoms with Gasteiger partial charge in [-0.05, 0) is 30.9 Å². The summed E-state index contributed by atoms with van der Waals surface area (Å²) in [4.78, 5) is 10.6. The second-order valence-corrected chi connectivity index (χ2v) is 3.55. The predicted molar refractivity (Wildman–Crippen MR) is 50.0 cm³/mol. The van der Waals surface area contributed by atoms with E-state index in [0.717, 1.165) is 0 Å². The van der Waals surface area contributed by atoms with Crippen LogP contribution in [0.4, 0.5) is 4.39 Å². The first-order chi connectivity index (χ1) is 6.79. The van der Waals surface area contributed by atoms with E-state index in [2.05, 4.69) is 0 Å². The summed E-state index contributed by atoms with van der Waals surface area (Å²) in [5, 5.41) is 0. The minimum absolute atomic E-state index is 0.354. The number of rotatable bonds is 4. The molecule has 1 aliphatic carbocycles. The van der Waals surface area contributed by atoms with E-state index in [1.807, 2.05) is 0 Å². The summed E-state index contributed by atoms with van der Waals surface area (Å²) in [6.07, 6.45) is 3.03. The topological polar surface area (TPSA) is 26.3 Å². The van der Waals surface area contributed by atoms with Crippen molar-refractivity contribution in [3.05, 3.63) is 29.6 Å². The third-order valence-corrected chi connectivity index (χ3v) is 2.27. The zero-order valence-corrected chi connectivity index (χ0v) is 7.70. The largest absolute Gasteiger partial charge is 0.492 e. The third-order valence-electron chi connectivity index (χ3n) is 2.27. The van der Waals surface area contributed by atoms with Crippen molar-refractivity contribution in [1.29, 1.82) is 0 Å². The molecule has 0 heterocycles. The van der Waals surface area contributed by atoms with Crippen molar-refractivity contribution in [2.75, 3.05) is 6.61 Å². The zero-order chi connectivity index (χ0) is 9.97. The molecule has 74 valence electrons. The minimum atomic E-state index is -0.374. The quantitative estimate of drug-likeness (QED) is 0.688. The van der Waals surface area contributed by atoms with Crippen molar-refractivity contribution in [1.82, 2.24) is 0 Å². The number of aldehydes is 1. The van der Waals surface area contributed by atoms with Gasteiger partial charge in [-0.25, -0.2) is 4.39 Å². The number of carbonyl (C=O) groups is 1. The highest BCUT2D eigenvalue weighted by Gasteiger charge is 2.22. The van der Waals surface area contributed by atoms with E-state index in [1.165, 1.54) is 31.0 Å².